The number of amides is 1. The molecule has 0 spiro atoms. The van der Waals surface area contributed by atoms with Gasteiger partial charge in [0.05, 0.1) is 6.21 Å². The van der Waals surface area contributed by atoms with Gasteiger partial charge in [-0.05, 0) is 31.2 Å². The molecule has 1 atom stereocenters. The summed E-state index contributed by atoms with van der Waals surface area (Å²) in [4.78, 5) is 17.0. The molecule has 0 aromatic heterocycles. The van der Waals surface area contributed by atoms with Crippen LogP contribution >= 0.6 is 0 Å². The number of benzene rings is 2. The quantitative estimate of drug-likeness (QED) is 0.621. The fourth-order valence-corrected chi connectivity index (χ4v) is 1.78. The van der Waals surface area contributed by atoms with Crippen molar-refractivity contribution >= 4 is 17.8 Å². The van der Waals surface area contributed by atoms with Gasteiger partial charge in [0, 0.05) is 11.3 Å². The third-order valence-corrected chi connectivity index (χ3v) is 2.96. The van der Waals surface area contributed by atoms with Crippen molar-refractivity contribution in [3.8, 4) is 5.75 Å². The van der Waals surface area contributed by atoms with Gasteiger partial charge in [0.2, 0.25) is 6.10 Å². The van der Waals surface area contributed by atoms with Gasteiger partial charge in [0.15, 0.2) is 0 Å². The van der Waals surface area contributed by atoms with E-state index < -0.39 is 12.7 Å². The van der Waals surface area contributed by atoms with E-state index in [-0.39, 0.29) is 11.7 Å². The van der Waals surface area contributed by atoms with Crippen molar-refractivity contribution < 1.29 is 23.1 Å². The maximum atomic E-state index is 12.3. The Bertz CT molecular complexity index is 693. The Hall–Kier alpha value is -2.96. The predicted molar refractivity (Wildman–Crippen MR) is 86.3 cm³/mol. The van der Waals surface area contributed by atoms with Crippen LogP contribution in [-0.2, 0) is 9.63 Å². The number of hydrogen-bond acceptors (Lipinski definition) is 4. The molecular formula is C17H16F2N2O3. The van der Waals surface area contributed by atoms with Crippen LogP contribution in [0.25, 0.3) is 0 Å². The zero-order chi connectivity index (χ0) is 17.4. The molecule has 2 rings (SSSR count). The summed E-state index contributed by atoms with van der Waals surface area (Å²) < 4.78 is 29.0. The molecule has 0 saturated carbocycles. The minimum atomic E-state index is -2.93. The van der Waals surface area contributed by atoms with Gasteiger partial charge < -0.3 is 14.9 Å². The molecule has 0 fully saturated rings. The summed E-state index contributed by atoms with van der Waals surface area (Å²) in [6, 6.07) is 15.0. The number of anilines is 1. The van der Waals surface area contributed by atoms with Crippen LogP contribution in [0.1, 0.15) is 12.5 Å². The van der Waals surface area contributed by atoms with Crippen LogP contribution < -0.4 is 10.1 Å². The first kappa shape index (κ1) is 17.4. The molecule has 2 aromatic carbocycles. The van der Waals surface area contributed by atoms with Crippen molar-refractivity contribution in [3.63, 3.8) is 0 Å². The molecule has 0 radical (unpaired) electrons. The Labute approximate surface area is 137 Å². The molecular weight excluding hydrogens is 318 g/mol. The van der Waals surface area contributed by atoms with Crippen LogP contribution in [0.15, 0.2) is 59.8 Å². The molecule has 5 nitrogen and oxygen atoms in total. The summed E-state index contributed by atoms with van der Waals surface area (Å²) in [6.45, 7) is -1.41. The number of oxime groups is 1. The highest BCUT2D eigenvalue weighted by Crippen LogP contribution is 2.18. The Kier molecular flexibility index (Phi) is 6.24. The first-order chi connectivity index (χ1) is 11.6. The second-order valence-electron chi connectivity index (χ2n) is 4.75. The van der Waals surface area contributed by atoms with Gasteiger partial charge in [-0.2, -0.15) is 8.78 Å². The second kappa shape index (κ2) is 8.61. The number of carbonyl (C=O) groups excluding carboxylic acids is 1. The van der Waals surface area contributed by atoms with E-state index in [1.165, 1.54) is 19.2 Å². The Morgan fingerprint density at radius 1 is 1.12 bits per heavy atom. The lowest BCUT2D eigenvalue weighted by Gasteiger charge is -2.10. The van der Waals surface area contributed by atoms with E-state index >= 15 is 0 Å². The highest BCUT2D eigenvalue weighted by Gasteiger charge is 2.14. The van der Waals surface area contributed by atoms with Gasteiger partial charge in [-0.25, -0.2) is 0 Å². The molecule has 0 aliphatic heterocycles. The molecule has 0 aliphatic carbocycles. The van der Waals surface area contributed by atoms with Crippen LogP contribution in [0.5, 0.6) is 5.75 Å². The van der Waals surface area contributed by atoms with E-state index in [0.717, 1.165) is 0 Å². The monoisotopic (exact) mass is 334 g/mol. The number of carbonyl (C=O) groups is 1. The van der Waals surface area contributed by atoms with Crippen LogP contribution in [0, 0.1) is 0 Å². The maximum absolute atomic E-state index is 12.3. The van der Waals surface area contributed by atoms with E-state index in [1.807, 2.05) is 6.07 Å². The topological polar surface area (TPSA) is 59.9 Å². The predicted octanol–water partition coefficient (Wildman–Crippen LogP) is 3.67. The smallest absolute Gasteiger partial charge is 0.387 e. The third-order valence-electron chi connectivity index (χ3n) is 2.96. The molecule has 0 bridgehead atoms. The molecule has 24 heavy (non-hydrogen) atoms. The number of nitrogens with zero attached hydrogens (tertiary/aromatic N) is 1. The van der Waals surface area contributed by atoms with Crippen LogP contribution in [0.2, 0.25) is 0 Å². The third kappa shape index (κ3) is 5.35. The maximum Gasteiger partial charge on any atom is 0.387 e. The van der Waals surface area contributed by atoms with E-state index in [0.29, 0.717) is 11.3 Å². The standard InChI is InChI=1S/C17H16F2N2O3/c1-12(16(22)21-14-8-3-2-4-9-14)24-20-11-13-7-5-6-10-15(13)23-17(18)19/h2-12,17H,1H3,(H,21,22). The van der Waals surface area contributed by atoms with Gasteiger partial charge in [-0.3, -0.25) is 4.79 Å². The minimum Gasteiger partial charge on any atom is -0.434 e. The molecule has 0 aliphatic rings. The lowest BCUT2D eigenvalue weighted by Crippen LogP contribution is -2.26. The highest BCUT2D eigenvalue weighted by atomic mass is 19.3. The van der Waals surface area contributed by atoms with E-state index in [1.54, 1.807) is 42.5 Å². The molecule has 1 unspecified atom stereocenters. The van der Waals surface area contributed by atoms with Crippen LogP contribution in [-0.4, -0.2) is 24.8 Å². The number of ether oxygens (including phenoxy) is 1. The van der Waals surface area contributed by atoms with Gasteiger partial charge in [-0.15, -0.1) is 0 Å². The SMILES string of the molecule is CC(ON=Cc1ccccc1OC(F)F)C(=O)Nc1ccccc1. The number of nitrogens with one attached hydrogen (secondary N) is 1. The summed E-state index contributed by atoms with van der Waals surface area (Å²) in [6.07, 6.45) is 0.355. The second-order valence-corrected chi connectivity index (χ2v) is 4.75. The summed E-state index contributed by atoms with van der Waals surface area (Å²) in [5.74, 6) is -0.406. The van der Waals surface area contributed by atoms with Crippen molar-refractivity contribution in [1.82, 2.24) is 0 Å². The number of halogens is 2. The van der Waals surface area contributed by atoms with Gasteiger partial charge in [-0.1, -0.05) is 35.5 Å². The average Bonchev–Trinajstić information content (AvgIpc) is 2.56. The van der Waals surface area contributed by atoms with Crippen molar-refractivity contribution in [2.24, 2.45) is 5.16 Å². The zero-order valence-corrected chi connectivity index (χ0v) is 12.9. The van der Waals surface area contributed by atoms with E-state index in [4.69, 9.17) is 4.84 Å². The van der Waals surface area contributed by atoms with Gasteiger partial charge >= 0.3 is 6.61 Å². The van der Waals surface area contributed by atoms with Gasteiger partial charge in [0.1, 0.15) is 5.75 Å². The van der Waals surface area contributed by atoms with Crippen molar-refractivity contribution in [1.29, 1.82) is 0 Å². The van der Waals surface area contributed by atoms with Crippen molar-refractivity contribution in [2.45, 2.75) is 19.6 Å². The average molecular weight is 334 g/mol. The number of hydrogen-bond donors (Lipinski definition) is 1. The van der Waals surface area contributed by atoms with Crippen molar-refractivity contribution in [2.75, 3.05) is 5.32 Å². The summed E-state index contributed by atoms with van der Waals surface area (Å²) in [5, 5.41) is 6.33. The Morgan fingerprint density at radius 2 is 1.79 bits per heavy atom. The fraction of sp³-hybridized carbons (Fsp3) is 0.176. The molecule has 1 amide bonds. The van der Waals surface area contributed by atoms with Crippen LogP contribution in [0.4, 0.5) is 14.5 Å². The molecule has 1 N–H and O–H groups in total. The lowest BCUT2D eigenvalue weighted by molar-refractivity contribution is -0.126. The molecule has 0 saturated heterocycles. The summed E-state index contributed by atoms with van der Waals surface area (Å²) in [5.41, 5.74) is 0.950. The lowest BCUT2D eigenvalue weighted by atomic mass is 10.2. The Balaban J connectivity index is 1.92. The van der Waals surface area contributed by atoms with E-state index in [9.17, 15) is 13.6 Å². The Morgan fingerprint density at radius 3 is 2.50 bits per heavy atom. The van der Waals surface area contributed by atoms with Crippen LogP contribution in [0.3, 0.4) is 0 Å². The van der Waals surface area contributed by atoms with Gasteiger partial charge in [0.25, 0.3) is 5.91 Å². The normalized spacial score (nSPS) is 12.2. The number of alkyl halides is 2. The number of para-hydroxylation sites is 2. The number of rotatable bonds is 7. The zero-order valence-electron chi connectivity index (χ0n) is 12.9. The summed E-state index contributed by atoms with van der Waals surface area (Å²) >= 11 is 0. The first-order valence-corrected chi connectivity index (χ1v) is 7.15. The van der Waals surface area contributed by atoms with Crippen molar-refractivity contribution in [3.05, 3.63) is 60.2 Å². The summed E-state index contributed by atoms with van der Waals surface area (Å²) in [7, 11) is 0. The molecule has 2 aromatic rings. The molecule has 0 heterocycles. The fourth-order valence-electron chi connectivity index (χ4n) is 1.78. The molecule has 7 heteroatoms. The first-order valence-electron chi connectivity index (χ1n) is 7.15. The van der Waals surface area contributed by atoms with E-state index in [2.05, 4.69) is 15.2 Å². The minimum absolute atomic E-state index is 0.0266. The highest BCUT2D eigenvalue weighted by molar-refractivity contribution is 5.93. The largest absolute Gasteiger partial charge is 0.434 e. The molecule has 126 valence electrons.